The van der Waals surface area contributed by atoms with Crippen LogP contribution >= 0.6 is 0 Å². The molecule has 0 radical (unpaired) electrons. The molecule has 1 N–H and O–H groups in total. The van der Waals surface area contributed by atoms with Gasteiger partial charge in [-0.1, -0.05) is 12.8 Å². The fourth-order valence-corrected chi connectivity index (χ4v) is 3.66. The number of aliphatic imine (C=N–C) groups is 1. The Labute approximate surface area is 168 Å². The van der Waals surface area contributed by atoms with Crippen LogP contribution in [0.4, 0.5) is 0 Å². The number of nitrogens with one attached hydrogen (secondary N) is 1. The highest BCUT2D eigenvalue weighted by Gasteiger charge is 2.28. The molecular weight excluding hydrogens is 356 g/mol. The number of amides is 2. The molecule has 1 saturated carbocycles. The maximum absolute atomic E-state index is 12.6. The normalized spacial score (nSPS) is 22.0. The van der Waals surface area contributed by atoms with Gasteiger partial charge >= 0.3 is 0 Å². The molecular formula is C20H36N6O2. The van der Waals surface area contributed by atoms with E-state index in [-0.39, 0.29) is 18.4 Å². The number of piperazine rings is 1. The maximum atomic E-state index is 12.6. The monoisotopic (exact) mass is 392 g/mol. The zero-order valence-electron chi connectivity index (χ0n) is 17.5. The Balaban J connectivity index is 1.48. The Hall–Kier alpha value is -1.83. The van der Waals surface area contributed by atoms with E-state index in [1.165, 1.54) is 25.7 Å². The predicted molar refractivity (Wildman–Crippen MR) is 110 cm³/mol. The Bertz CT molecular complexity index is 559. The number of carbonyl (C=O) groups is 2. The van der Waals surface area contributed by atoms with Gasteiger partial charge < -0.3 is 20.0 Å². The minimum Gasteiger partial charge on any atom is -0.353 e. The predicted octanol–water partition coefficient (Wildman–Crippen LogP) is 0.203. The van der Waals surface area contributed by atoms with Crippen molar-refractivity contribution in [3.63, 3.8) is 0 Å². The average molecular weight is 393 g/mol. The number of hydrogen-bond donors (Lipinski definition) is 1. The molecule has 0 unspecified atom stereocenters. The standard InChI is InChI=1S/C20H36N6O2/c1-23(2)18(27)15-21-20(22-17-7-8-17)26-13-11-24(12-14-26)16-19(28)25-9-5-3-4-6-10-25/h17H,3-16H2,1-2H3,(H,21,22). The number of hydrogen-bond acceptors (Lipinski definition) is 4. The number of carbonyl (C=O) groups excluding carboxylic acids is 2. The van der Waals surface area contributed by atoms with Crippen LogP contribution in [-0.2, 0) is 9.59 Å². The van der Waals surface area contributed by atoms with E-state index < -0.39 is 0 Å². The summed E-state index contributed by atoms with van der Waals surface area (Å²) in [5, 5.41) is 3.48. The minimum atomic E-state index is 0.0109. The second kappa shape index (κ2) is 10.1. The smallest absolute Gasteiger partial charge is 0.243 e. The summed E-state index contributed by atoms with van der Waals surface area (Å²) in [5.74, 6) is 1.13. The summed E-state index contributed by atoms with van der Waals surface area (Å²) < 4.78 is 0. The maximum Gasteiger partial charge on any atom is 0.243 e. The van der Waals surface area contributed by atoms with E-state index in [1.807, 2.05) is 4.90 Å². The number of rotatable bonds is 5. The third-order valence-electron chi connectivity index (χ3n) is 5.76. The third-order valence-corrected chi connectivity index (χ3v) is 5.76. The van der Waals surface area contributed by atoms with Crippen LogP contribution in [-0.4, -0.2) is 110 Å². The summed E-state index contributed by atoms with van der Waals surface area (Å²) in [6.45, 7) is 5.91. The lowest BCUT2D eigenvalue weighted by molar-refractivity contribution is -0.132. The van der Waals surface area contributed by atoms with Gasteiger partial charge in [0.1, 0.15) is 6.54 Å². The molecule has 2 heterocycles. The fourth-order valence-electron chi connectivity index (χ4n) is 3.66. The lowest BCUT2D eigenvalue weighted by Gasteiger charge is -2.37. The Kier molecular flexibility index (Phi) is 7.53. The van der Waals surface area contributed by atoms with Gasteiger partial charge in [-0.15, -0.1) is 0 Å². The van der Waals surface area contributed by atoms with E-state index in [0.717, 1.165) is 58.1 Å². The molecule has 2 aliphatic heterocycles. The largest absolute Gasteiger partial charge is 0.353 e. The van der Waals surface area contributed by atoms with Crippen LogP contribution in [0.15, 0.2) is 4.99 Å². The summed E-state index contributed by atoms with van der Waals surface area (Å²) in [6.07, 6.45) is 7.11. The van der Waals surface area contributed by atoms with Crippen molar-refractivity contribution in [3.05, 3.63) is 0 Å². The van der Waals surface area contributed by atoms with Crippen LogP contribution in [0.25, 0.3) is 0 Å². The second-order valence-electron chi connectivity index (χ2n) is 8.40. The van der Waals surface area contributed by atoms with Crippen LogP contribution in [0.2, 0.25) is 0 Å². The Morgan fingerprint density at radius 3 is 2.14 bits per heavy atom. The third kappa shape index (κ3) is 6.36. The van der Waals surface area contributed by atoms with E-state index in [0.29, 0.717) is 12.6 Å². The lowest BCUT2D eigenvalue weighted by atomic mass is 10.2. The highest BCUT2D eigenvalue weighted by molar-refractivity contribution is 5.85. The number of likely N-dealkylation sites (N-methyl/N-ethyl adjacent to an activating group) is 1. The van der Waals surface area contributed by atoms with Gasteiger partial charge in [0.25, 0.3) is 0 Å². The lowest BCUT2D eigenvalue weighted by Crippen LogP contribution is -2.54. The summed E-state index contributed by atoms with van der Waals surface area (Å²) >= 11 is 0. The van der Waals surface area contributed by atoms with Crippen LogP contribution in [0.5, 0.6) is 0 Å². The van der Waals surface area contributed by atoms with E-state index in [2.05, 4.69) is 20.1 Å². The molecule has 0 aromatic carbocycles. The number of nitrogens with zero attached hydrogens (tertiary/aromatic N) is 5. The molecule has 0 spiro atoms. The van der Waals surface area contributed by atoms with Crippen molar-refractivity contribution in [2.75, 3.05) is 66.5 Å². The molecule has 28 heavy (non-hydrogen) atoms. The SMILES string of the molecule is CN(C)C(=O)CN=C(NC1CC1)N1CCN(CC(=O)N2CCCCCC2)CC1. The van der Waals surface area contributed by atoms with Crippen LogP contribution < -0.4 is 5.32 Å². The molecule has 0 bridgehead atoms. The van der Waals surface area contributed by atoms with Gasteiger partial charge in [-0.3, -0.25) is 14.5 Å². The Morgan fingerprint density at radius 2 is 1.57 bits per heavy atom. The number of guanidine groups is 1. The van der Waals surface area contributed by atoms with Crippen LogP contribution in [0, 0.1) is 0 Å². The van der Waals surface area contributed by atoms with Crippen molar-refractivity contribution in [2.24, 2.45) is 4.99 Å². The van der Waals surface area contributed by atoms with Crippen molar-refractivity contribution in [2.45, 2.75) is 44.6 Å². The highest BCUT2D eigenvalue weighted by atomic mass is 16.2. The van der Waals surface area contributed by atoms with Gasteiger partial charge in [0.05, 0.1) is 6.54 Å². The zero-order chi connectivity index (χ0) is 19.9. The minimum absolute atomic E-state index is 0.0109. The van der Waals surface area contributed by atoms with Crippen molar-refractivity contribution < 1.29 is 9.59 Å². The van der Waals surface area contributed by atoms with Crippen molar-refractivity contribution >= 4 is 17.8 Å². The molecule has 8 nitrogen and oxygen atoms in total. The summed E-state index contributed by atoms with van der Waals surface area (Å²) in [7, 11) is 3.51. The average Bonchev–Trinajstić information content (AvgIpc) is 3.52. The van der Waals surface area contributed by atoms with E-state index >= 15 is 0 Å². The van der Waals surface area contributed by atoms with Crippen LogP contribution in [0.1, 0.15) is 38.5 Å². The van der Waals surface area contributed by atoms with Crippen molar-refractivity contribution in [1.82, 2.24) is 24.9 Å². The molecule has 0 atom stereocenters. The second-order valence-corrected chi connectivity index (χ2v) is 8.40. The van der Waals surface area contributed by atoms with Crippen molar-refractivity contribution in [1.29, 1.82) is 0 Å². The molecule has 8 heteroatoms. The molecule has 0 aromatic heterocycles. The molecule has 0 aromatic rings. The first-order valence-corrected chi connectivity index (χ1v) is 10.8. The first-order chi connectivity index (χ1) is 13.5. The summed E-state index contributed by atoms with van der Waals surface area (Å²) in [5.41, 5.74) is 0. The molecule has 2 saturated heterocycles. The molecule has 3 fully saturated rings. The summed E-state index contributed by atoms with van der Waals surface area (Å²) in [4.78, 5) is 37.2. The zero-order valence-corrected chi connectivity index (χ0v) is 17.5. The van der Waals surface area contributed by atoms with Gasteiger partial charge in [0, 0.05) is 59.4 Å². The van der Waals surface area contributed by atoms with Crippen LogP contribution in [0.3, 0.4) is 0 Å². The topological polar surface area (TPSA) is 71.5 Å². The quantitative estimate of drug-likeness (QED) is 0.535. The molecule has 1 aliphatic carbocycles. The number of likely N-dealkylation sites (tertiary alicyclic amines) is 1. The van der Waals surface area contributed by atoms with E-state index in [9.17, 15) is 9.59 Å². The molecule has 158 valence electrons. The van der Waals surface area contributed by atoms with Crippen molar-refractivity contribution in [3.8, 4) is 0 Å². The van der Waals surface area contributed by atoms with Gasteiger partial charge in [-0.25, -0.2) is 4.99 Å². The molecule has 3 rings (SSSR count). The van der Waals surface area contributed by atoms with Gasteiger partial charge in [-0.05, 0) is 25.7 Å². The first kappa shape index (κ1) is 20.9. The Morgan fingerprint density at radius 1 is 0.929 bits per heavy atom. The van der Waals surface area contributed by atoms with Gasteiger partial charge in [-0.2, -0.15) is 0 Å². The van der Waals surface area contributed by atoms with E-state index in [4.69, 9.17) is 0 Å². The molecule has 2 amide bonds. The van der Waals surface area contributed by atoms with Gasteiger partial charge in [0.2, 0.25) is 11.8 Å². The van der Waals surface area contributed by atoms with E-state index in [1.54, 1.807) is 19.0 Å². The summed E-state index contributed by atoms with van der Waals surface area (Å²) in [6, 6.07) is 0.496. The first-order valence-electron chi connectivity index (χ1n) is 10.8. The highest BCUT2D eigenvalue weighted by Crippen LogP contribution is 2.19. The molecule has 3 aliphatic rings. The fraction of sp³-hybridized carbons (Fsp3) is 0.850. The van der Waals surface area contributed by atoms with Gasteiger partial charge in [0.15, 0.2) is 5.96 Å².